The number of hydrogen-bond acceptors (Lipinski definition) is 3. The van der Waals surface area contributed by atoms with Gasteiger partial charge in [-0.2, -0.15) is 17.6 Å². The maximum atomic E-state index is 12.9. The highest BCUT2D eigenvalue weighted by atomic mass is 19.4. The lowest BCUT2D eigenvalue weighted by atomic mass is 10.1. The molecule has 0 fully saturated rings. The molecular weight excluding hydrogens is 280 g/mol. The molecule has 1 aromatic rings. The number of carbonyl (C=O) groups excluding carboxylic acids is 1. The van der Waals surface area contributed by atoms with Gasteiger partial charge in [-0.25, -0.2) is 18.6 Å². The van der Waals surface area contributed by atoms with Crippen LogP contribution in [-0.2, 0) is 10.9 Å². The quantitative estimate of drug-likeness (QED) is 0.486. The largest absolute Gasteiger partial charge is 0.461 e. The summed E-state index contributed by atoms with van der Waals surface area (Å²) < 4.78 is 80.3. The Balaban J connectivity index is 3.56. The zero-order chi connectivity index (χ0) is 14.8. The lowest BCUT2D eigenvalue weighted by Gasteiger charge is -2.15. The predicted molar refractivity (Wildman–Crippen MR) is 50.1 cm³/mol. The minimum atomic E-state index is -5.28. The first-order valence-electron chi connectivity index (χ1n) is 4.91. The Morgan fingerprint density at radius 2 is 2.00 bits per heavy atom. The van der Waals surface area contributed by atoms with Crippen molar-refractivity contribution in [2.45, 2.75) is 19.5 Å². The van der Waals surface area contributed by atoms with Crippen molar-refractivity contribution in [2.75, 3.05) is 6.61 Å². The first kappa shape index (κ1) is 15.3. The van der Waals surface area contributed by atoms with Gasteiger partial charge in [-0.05, 0) is 6.92 Å². The number of pyridine rings is 1. The fraction of sp³-hybridized carbons (Fsp3) is 0.400. The number of halogens is 6. The van der Waals surface area contributed by atoms with Crippen LogP contribution in [0, 0.1) is 5.95 Å². The van der Waals surface area contributed by atoms with Crippen LogP contribution in [0.25, 0.3) is 0 Å². The molecule has 0 aromatic carbocycles. The minimum absolute atomic E-state index is 0.0593. The molecular formula is C10H7F6NO2. The van der Waals surface area contributed by atoms with Gasteiger partial charge in [0.1, 0.15) is 0 Å². The summed E-state index contributed by atoms with van der Waals surface area (Å²) in [5, 5.41) is 0. The summed E-state index contributed by atoms with van der Waals surface area (Å²) in [4.78, 5) is 13.9. The maximum Gasteiger partial charge on any atom is 0.419 e. The second kappa shape index (κ2) is 5.45. The fourth-order valence-electron chi connectivity index (χ4n) is 1.35. The molecule has 0 radical (unpaired) electrons. The third-order valence-corrected chi connectivity index (χ3v) is 2.01. The average Bonchev–Trinajstić information content (AvgIpc) is 2.26. The highest BCUT2D eigenvalue weighted by Crippen LogP contribution is 2.38. The lowest BCUT2D eigenvalue weighted by Crippen LogP contribution is -2.20. The normalized spacial score (nSPS) is 11.8. The van der Waals surface area contributed by atoms with Gasteiger partial charge < -0.3 is 4.74 Å². The Bertz CT molecular complexity index is 486. The standard InChI is InChI=1S/C10H7F6NO2/c1-2-19-9(18)7-6(10(14,15)16)4(8(12)13)3-5(11)17-7/h3,8H,2H2,1H3. The number of esters is 1. The molecule has 0 spiro atoms. The number of rotatable bonds is 3. The van der Waals surface area contributed by atoms with Crippen LogP contribution < -0.4 is 0 Å². The SMILES string of the molecule is CCOC(=O)c1nc(F)cc(C(F)F)c1C(F)(F)F. The number of hydrogen-bond donors (Lipinski definition) is 0. The first-order valence-corrected chi connectivity index (χ1v) is 4.91. The Labute approximate surface area is 103 Å². The van der Waals surface area contributed by atoms with Gasteiger partial charge in [0.2, 0.25) is 5.95 Å². The number of carbonyl (C=O) groups is 1. The summed E-state index contributed by atoms with van der Waals surface area (Å²) in [7, 11) is 0. The molecule has 0 N–H and O–H groups in total. The molecule has 0 saturated carbocycles. The van der Waals surface area contributed by atoms with Crippen LogP contribution in [0.2, 0.25) is 0 Å². The van der Waals surface area contributed by atoms with Gasteiger partial charge in [0.25, 0.3) is 6.43 Å². The van der Waals surface area contributed by atoms with E-state index >= 15 is 0 Å². The zero-order valence-corrected chi connectivity index (χ0v) is 9.39. The van der Waals surface area contributed by atoms with E-state index < -0.39 is 41.3 Å². The maximum absolute atomic E-state index is 12.9. The smallest absolute Gasteiger partial charge is 0.419 e. The molecule has 0 atom stereocenters. The van der Waals surface area contributed by atoms with Crippen molar-refractivity contribution < 1.29 is 35.9 Å². The van der Waals surface area contributed by atoms with E-state index in [1.54, 1.807) is 0 Å². The topological polar surface area (TPSA) is 39.2 Å². The fourth-order valence-corrected chi connectivity index (χ4v) is 1.35. The molecule has 0 aliphatic carbocycles. The summed E-state index contributed by atoms with van der Waals surface area (Å²) in [6, 6.07) is -0.0593. The van der Waals surface area contributed by atoms with Crippen LogP contribution in [0.5, 0.6) is 0 Å². The third-order valence-electron chi connectivity index (χ3n) is 2.01. The molecule has 0 saturated heterocycles. The van der Waals surface area contributed by atoms with Gasteiger partial charge >= 0.3 is 12.1 Å². The Morgan fingerprint density at radius 3 is 2.42 bits per heavy atom. The van der Waals surface area contributed by atoms with Crippen LogP contribution in [-0.4, -0.2) is 17.6 Å². The molecule has 1 rings (SSSR count). The molecule has 1 aromatic heterocycles. The monoisotopic (exact) mass is 287 g/mol. The molecule has 19 heavy (non-hydrogen) atoms. The van der Waals surface area contributed by atoms with E-state index in [0.29, 0.717) is 0 Å². The Hall–Kier alpha value is -1.80. The van der Waals surface area contributed by atoms with Gasteiger partial charge in [0, 0.05) is 11.6 Å². The molecule has 3 nitrogen and oxygen atoms in total. The molecule has 9 heteroatoms. The molecule has 0 unspecified atom stereocenters. The van der Waals surface area contributed by atoms with E-state index in [-0.39, 0.29) is 12.7 Å². The Kier molecular flexibility index (Phi) is 4.38. The number of nitrogens with zero attached hydrogens (tertiary/aromatic N) is 1. The van der Waals surface area contributed by atoms with Crippen molar-refractivity contribution in [3.05, 3.63) is 28.8 Å². The molecule has 106 valence electrons. The van der Waals surface area contributed by atoms with E-state index in [1.807, 2.05) is 0 Å². The van der Waals surface area contributed by atoms with Crippen molar-refractivity contribution in [1.29, 1.82) is 0 Å². The summed E-state index contributed by atoms with van der Waals surface area (Å²) in [6.45, 7) is 0.983. The van der Waals surface area contributed by atoms with Crippen molar-refractivity contribution in [2.24, 2.45) is 0 Å². The van der Waals surface area contributed by atoms with Gasteiger partial charge in [-0.1, -0.05) is 0 Å². The van der Waals surface area contributed by atoms with Crippen LogP contribution in [0.15, 0.2) is 6.07 Å². The van der Waals surface area contributed by atoms with Crippen LogP contribution >= 0.6 is 0 Å². The highest BCUT2D eigenvalue weighted by molar-refractivity contribution is 5.89. The number of ether oxygens (including phenoxy) is 1. The van der Waals surface area contributed by atoms with Gasteiger partial charge in [-0.3, -0.25) is 0 Å². The first-order chi connectivity index (χ1) is 8.68. The Morgan fingerprint density at radius 1 is 1.42 bits per heavy atom. The summed E-state index contributed by atoms with van der Waals surface area (Å²) in [5.41, 5.74) is -5.14. The van der Waals surface area contributed by atoms with Gasteiger partial charge in [0.05, 0.1) is 12.2 Å². The molecule has 0 aliphatic heterocycles. The van der Waals surface area contributed by atoms with E-state index in [4.69, 9.17) is 0 Å². The average molecular weight is 287 g/mol. The van der Waals surface area contributed by atoms with Gasteiger partial charge in [-0.15, -0.1) is 0 Å². The minimum Gasteiger partial charge on any atom is -0.461 e. The lowest BCUT2D eigenvalue weighted by molar-refractivity contribution is -0.140. The summed E-state index contributed by atoms with van der Waals surface area (Å²) in [6.07, 6.45) is -8.89. The van der Waals surface area contributed by atoms with Crippen LogP contribution in [0.4, 0.5) is 26.3 Å². The van der Waals surface area contributed by atoms with Crippen molar-refractivity contribution in [3.8, 4) is 0 Å². The van der Waals surface area contributed by atoms with Crippen molar-refractivity contribution in [3.63, 3.8) is 0 Å². The van der Waals surface area contributed by atoms with E-state index in [1.165, 1.54) is 6.92 Å². The molecule has 0 amide bonds. The molecule has 0 bridgehead atoms. The molecule has 1 heterocycles. The highest BCUT2D eigenvalue weighted by Gasteiger charge is 2.42. The van der Waals surface area contributed by atoms with Crippen LogP contribution in [0.1, 0.15) is 35.0 Å². The summed E-state index contributed by atoms with van der Waals surface area (Å²) in [5.74, 6) is -3.23. The predicted octanol–water partition coefficient (Wildman–Crippen LogP) is 3.35. The van der Waals surface area contributed by atoms with Gasteiger partial charge in [0.15, 0.2) is 5.69 Å². The van der Waals surface area contributed by atoms with Crippen LogP contribution in [0.3, 0.4) is 0 Å². The second-order valence-electron chi connectivity index (χ2n) is 3.28. The van der Waals surface area contributed by atoms with Crippen molar-refractivity contribution >= 4 is 5.97 Å². The zero-order valence-electron chi connectivity index (χ0n) is 9.39. The third kappa shape index (κ3) is 3.36. The van der Waals surface area contributed by atoms with Crippen molar-refractivity contribution in [1.82, 2.24) is 4.98 Å². The second-order valence-corrected chi connectivity index (χ2v) is 3.28. The van der Waals surface area contributed by atoms with E-state index in [9.17, 15) is 31.1 Å². The number of alkyl halides is 5. The summed E-state index contributed by atoms with van der Waals surface area (Å²) >= 11 is 0. The van der Waals surface area contributed by atoms with E-state index in [0.717, 1.165) is 0 Å². The molecule has 0 aliphatic rings. The van der Waals surface area contributed by atoms with E-state index in [2.05, 4.69) is 9.72 Å². The number of aromatic nitrogens is 1.